The normalized spacial score (nSPS) is 15.3. The standard InChI is InChI=1S/C14H18F3NO2/c15-14(16,17)10-19-7-8-20-13-4-2-1-3-11(13)9-18-12-5-6-12/h1-4,12,18H,5-10H2. The molecule has 112 valence electrons. The number of alkyl halides is 3. The summed E-state index contributed by atoms with van der Waals surface area (Å²) < 4.78 is 45.6. The van der Waals surface area contributed by atoms with Crippen LogP contribution in [-0.2, 0) is 11.3 Å². The van der Waals surface area contributed by atoms with Crippen molar-refractivity contribution >= 4 is 0 Å². The van der Waals surface area contributed by atoms with Crippen molar-refractivity contribution in [2.45, 2.75) is 31.6 Å². The van der Waals surface area contributed by atoms with E-state index in [1.54, 1.807) is 0 Å². The third-order valence-corrected chi connectivity index (χ3v) is 2.88. The quantitative estimate of drug-likeness (QED) is 0.746. The zero-order valence-corrected chi connectivity index (χ0v) is 11.1. The van der Waals surface area contributed by atoms with Crippen molar-refractivity contribution in [3.05, 3.63) is 29.8 Å². The fraction of sp³-hybridized carbons (Fsp3) is 0.571. The van der Waals surface area contributed by atoms with Crippen molar-refractivity contribution in [2.24, 2.45) is 0 Å². The molecule has 1 N–H and O–H groups in total. The van der Waals surface area contributed by atoms with Crippen LogP contribution in [0, 0.1) is 0 Å². The fourth-order valence-electron chi connectivity index (χ4n) is 1.73. The van der Waals surface area contributed by atoms with E-state index in [-0.39, 0.29) is 13.2 Å². The Labute approximate surface area is 116 Å². The Hall–Kier alpha value is -1.27. The van der Waals surface area contributed by atoms with Crippen molar-refractivity contribution in [1.82, 2.24) is 5.32 Å². The summed E-state index contributed by atoms with van der Waals surface area (Å²) in [7, 11) is 0. The van der Waals surface area contributed by atoms with Gasteiger partial charge in [-0.25, -0.2) is 0 Å². The molecule has 20 heavy (non-hydrogen) atoms. The van der Waals surface area contributed by atoms with Crippen molar-refractivity contribution < 1.29 is 22.6 Å². The van der Waals surface area contributed by atoms with Gasteiger partial charge in [0.2, 0.25) is 0 Å². The summed E-state index contributed by atoms with van der Waals surface area (Å²) in [5.74, 6) is 0.691. The van der Waals surface area contributed by atoms with Gasteiger partial charge in [0.25, 0.3) is 0 Å². The Bertz CT molecular complexity index is 419. The second-order valence-electron chi connectivity index (χ2n) is 4.78. The van der Waals surface area contributed by atoms with Crippen LogP contribution in [0.3, 0.4) is 0 Å². The first-order valence-corrected chi connectivity index (χ1v) is 6.63. The predicted molar refractivity (Wildman–Crippen MR) is 68.7 cm³/mol. The molecule has 1 aromatic rings. The van der Waals surface area contributed by atoms with E-state index in [4.69, 9.17) is 4.74 Å². The minimum Gasteiger partial charge on any atom is -0.491 e. The van der Waals surface area contributed by atoms with E-state index in [9.17, 15) is 13.2 Å². The van der Waals surface area contributed by atoms with E-state index >= 15 is 0 Å². The van der Waals surface area contributed by atoms with Crippen LogP contribution in [-0.4, -0.2) is 32.0 Å². The molecule has 6 heteroatoms. The van der Waals surface area contributed by atoms with Crippen molar-refractivity contribution in [2.75, 3.05) is 19.8 Å². The smallest absolute Gasteiger partial charge is 0.411 e. The third-order valence-electron chi connectivity index (χ3n) is 2.88. The van der Waals surface area contributed by atoms with Gasteiger partial charge in [0.15, 0.2) is 0 Å². The van der Waals surface area contributed by atoms with Gasteiger partial charge in [0.1, 0.15) is 19.0 Å². The first kappa shape index (κ1) is 15.1. The Morgan fingerprint density at radius 2 is 1.90 bits per heavy atom. The Morgan fingerprint density at radius 3 is 2.60 bits per heavy atom. The summed E-state index contributed by atoms with van der Waals surface area (Å²) in [4.78, 5) is 0. The topological polar surface area (TPSA) is 30.5 Å². The van der Waals surface area contributed by atoms with E-state index < -0.39 is 12.8 Å². The molecule has 0 spiro atoms. The van der Waals surface area contributed by atoms with E-state index in [0.717, 1.165) is 5.56 Å². The number of benzene rings is 1. The van der Waals surface area contributed by atoms with Gasteiger partial charge in [-0.15, -0.1) is 0 Å². The molecular weight excluding hydrogens is 271 g/mol. The summed E-state index contributed by atoms with van der Waals surface area (Å²) in [6.07, 6.45) is -1.88. The van der Waals surface area contributed by atoms with Crippen LogP contribution in [0.2, 0.25) is 0 Å². The summed E-state index contributed by atoms with van der Waals surface area (Å²) in [5, 5.41) is 3.37. The number of ether oxygens (including phenoxy) is 2. The Morgan fingerprint density at radius 1 is 1.15 bits per heavy atom. The molecule has 0 amide bonds. The minimum absolute atomic E-state index is 0.0795. The second-order valence-corrected chi connectivity index (χ2v) is 4.78. The molecule has 0 heterocycles. The number of hydrogen-bond donors (Lipinski definition) is 1. The van der Waals surface area contributed by atoms with Crippen LogP contribution in [0.1, 0.15) is 18.4 Å². The number of halogens is 3. The Balaban J connectivity index is 1.71. The highest BCUT2D eigenvalue weighted by Gasteiger charge is 2.27. The zero-order chi connectivity index (χ0) is 14.4. The van der Waals surface area contributed by atoms with Gasteiger partial charge in [0, 0.05) is 18.2 Å². The van der Waals surface area contributed by atoms with Gasteiger partial charge < -0.3 is 14.8 Å². The Kier molecular flexibility index (Phi) is 5.25. The molecule has 0 radical (unpaired) electrons. The summed E-state index contributed by atoms with van der Waals surface area (Å²) in [6.45, 7) is -0.494. The average Bonchev–Trinajstić information content (AvgIpc) is 3.20. The summed E-state index contributed by atoms with van der Waals surface area (Å²) >= 11 is 0. The lowest BCUT2D eigenvalue weighted by Gasteiger charge is -2.12. The fourth-order valence-corrected chi connectivity index (χ4v) is 1.73. The molecule has 1 aliphatic carbocycles. The highest BCUT2D eigenvalue weighted by Crippen LogP contribution is 2.22. The predicted octanol–water partition coefficient (Wildman–Crippen LogP) is 2.90. The van der Waals surface area contributed by atoms with Crippen molar-refractivity contribution in [3.63, 3.8) is 0 Å². The lowest BCUT2D eigenvalue weighted by atomic mass is 10.2. The van der Waals surface area contributed by atoms with E-state index in [1.807, 2.05) is 24.3 Å². The summed E-state index contributed by atoms with van der Waals surface area (Å²) in [6, 6.07) is 8.11. The highest BCUT2D eigenvalue weighted by molar-refractivity contribution is 5.33. The highest BCUT2D eigenvalue weighted by atomic mass is 19.4. The monoisotopic (exact) mass is 289 g/mol. The maximum absolute atomic E-state index is 11.9. The maximum atomic E-state index is 11.9. The molecule has 1 aromatic carbocycles. The molecule has 0 bridgehead atoms. The van der Waals surface area contributed by atoms with Gasteiger partial charge >= 0.3 is 6.18 Å². The van der Waals surface area contributed by atoms with Gasteiger partial charge in [-0.3, -0.25) is 0 Å². The SMILES string of the molecule is FC(F)(F)COCCOc1ccccc1CNC1CC1. The van der Waals surface area contributed by atoms with Crippen LogP contribution < -0.4 is 10.1 Å². The lowest BCUT2D eigenvalue weighted by molar-refractivity contribution is -0.175. The van der Waals surface area contributed by atoms with Crippen LogP contribution in [0.15, 0.2) is 24.3 Å². The number of hydrogen-bond acceptors (Lipinski definition) is 3. The van der Waals surface area contributed by atoms with Crippen molar-refractivity contribution in [1.29, 1.82) is 0 Å². The van der Waals surface area contributed by atoms with E-state index in [0.29, 0.717) is 18.3 Å². The van der Waals surface area contributed by atoms with Gasteiger partial charge in [-0.1, -0.05) is 18.2 Å². The molecule has 2 rings (SSSR count). The van der Waals surface area contributed by atoms with E-state index in [1.165, 1.54) is 12.8 Å². The van der Waals surface area contributed by atoms with Crippen LogP contribution in [0.25, 0.3) is 0 Å². The van der Waals surface area contributed by atoms with Crippen LogP contribution in [0.5, 0.6) is 5.75 Å². The molecule has 1 fully saturated rings. The third kappa shape index (κ3) is 5.79. The first-order chi connectivity index (χ1) is 9.54. The molecule has 1 saturated carbocycles. The molecule has 0 aliphatic heterocycles. The average molecular weight is 289 g/mol. The van der Waals surface area contributed by atoms with Gasteiger partial charge in [0.05, 0.1) is 6.61 Å². The molecule has 0 saturated heterocycles. The molecule has 0 atom stereocenters. The van der Waals surface area contributed by atoms with Crippen LogP contribution >= 0.6 is 0 Å². The number of rotatable bonds is 8. The first-order valence-electron chi connectivity index (χ1n) is 6.63. The zero-order valence-electron chi connectivity index (χ0n) is 11.1. The molecule has 0 aromatic heterocycles. The number of para-hydroxylation sites is 1. The van der Waals surface area contributed by atoms with E-state index in [2.05, 4.69) is 10.1 Å². The van der Waals surface area contributed by atoms with Gasteiger partial charge in [-0.05, 0) is 18.9 Å². The lowest BCUT2D eigenvalue weighted by Crippen LogP contribution is -2.20. The van der Waals surface area contributed by atoms with Gasteiger partial charge in [-0.2, -0.15) is 13.2 Å². The maximum Gasteiger partial charge on any atom is 0.411 e. The largest absolute Gasteiger partial charge is 0.491 e. The van der Waals surface area contributed by atoms with Crippen LogP contribution in [0.4, 0.5) is 13.2 Å². The minimum atomic E-state index is -4.29. The molecule has 3 nitrogen and oxygen atoms in total. The number of nitrogens with one attached hydrogen (secondary N) is 1. The molecule has 1 aliphatic rings. The van der Waals surface area contributed by atoms with Crippen molar-refractivity contribution in [3.8, 4) is 5.75 Å². The summed E-state index contributed by atoms with van der Waals surface area (Å²) in [5.41, 5.74) is 1.01. The molecular formula is C14H18F3NO2. The molecule has 0 unspecified atom stereocenters. The second kappa shape index (κ2) is 6.95.